The summed E-state index contributed by atoms with van der Waals surface area (Å²) in [4.78, 5) is 30.0. The zero-order valence-electron chi connectivity index (χ0n) is 17.9. The number of hydrogen-bond donors (Lipinski definition) is 2. The molecule has 4 saturated carbocycles. The van der Waals surface area contributed by atoms with Gasteiger partial charge < -0.3 is 20.2 Å². The van der Waals surface area contributed by atoms with Crippen LogP contribution in [0.3, 0.4) is 0 Å². The molecule has 6 fully saturated rings. The number of carbonyl (C=O) groups excluding carboxylic acids is 2. The Morgan fingerprint density at radius 2 is 1.66 bits per heavy atom. The molecule has 0 aromatic rings. The van der Waals surface area contributed by atoms with Crippen LogP contribution in [0.2, 0.25) is 0 Å². The highest BCUT2D eigenvalue weighted by Crippen LogP contribution is 2.67. The number of piperidine rings is 1. The predicted molar refractivity (Wildman–Crippen MR) is 110 cm³/mol. The Balaban J connectivity index is 1.21. The molecular weight excluding hydrogens is 366 g/mol. The van der Waals surface area contributed by atoms with E-state index < -0.39 is 5.60 Å². The largest absolute Gasteiger partial charge is 0.390 e. The van der Waals surface area contributed by atoms with Crippen molar-refractivity contribution in [2.45, 2.75) is 89.2 Å². The zero-order valence-corrected chi connectivity index (χ0v) is 17.9. The first kappa shape index (κ1) is 19.7. The fourth-order valence-corrected chi connectivity index (χ4v) is 7.89. The van der Waals surface area contributed by atoms with E-state index in [-0.39, 0.29) is 28.8 Å². The summed E-state index contributed by atoms with van der Waals surface area (Å²) in [5.41, 5.74) is -0.831. The van der Waals surface area contributed by atoms with Gasteiger partial charge in [0.1, 0.15) is 0 Å². The van der Waals surface area contributed by atoms with Gasteiger partial charge in [0, 0.05) is 32.2 Å². The lowest BCUT2D eigenvalue weighted by molar-refractivity contribution is -0.204. The Labute approximate surface area is 174 Å². The maximum atomic E-state index is 13.5. The van der Waals surface area contributed by atoms with Crippen LogP contribution in [0.4, 0.5) is 4.79 Å². The first-order valence-corrected chi connectivity index (χ1v) is 11.9. The van der Waals surface area contributed by atoms with Gasteiger partial charge in [-0.25, -0.2) is 4.79 Å². The van der Waals surface area contributed by atoms with E-state index in [4.69, 9.17) is 0 Å². The molecule has 29 heavy (non-hydrogen) atoms. The summed E-state index contributed by atoms with van der Waals surface area (Å²) in [5.74, 6) is 0.684. The molecule has 0 aromatic heterocycles. The number of urea groups is 1. The molecule has 4 atom stereocenters. The number of carbonyl (C=O) groups is 2. The summed E-state index contributed by atoms with van der Waals surface area (Å²) in [6.45, 7) is 5.48. The molecule has 4 unspecified atom stereocenters. The van der Waals surface area contributed by atoms with Gasteiger partial charge in [-0.05, 0) is 75.5 Å². The lowest BCUT2D eigenvalue weighted by atomic mass is 9.42. The molecule has 2 saturated heterocycles. The van der Waals surface area contributed by atoms with Gasteiger partial charge in [0.25, 0.3) is 0 Å². The highest BCUT2D eigenvalue weighted by atomic mass is 16.3. The highest BCUT2D eigenvalue weighted by Gasteiger charge is 2.64. The molecule has 162 valence electrons. The van der Waals surface area contributed by atoms with Crippen LogP contribution in [-0.4, -0.2) is 64.7 Å². The lowest BCUT2D eigenvalue weighted by Gasteiger charge is -2.64. The molecule has 0 radical (unpaired) electrons. The third-order valence-corrected chi connectivity index (χ3v) is 8.86. The van der Waals surface area contributed by atoms with E-state index in [0.29, 0.717) is 12.3 Å². The van der Waals surface area contributed by atoms with E-state index in [1.54, 1.807) is 0 Å². The van der Waals surface area contributed by atoms with Crippen LogP contribution in [0, 0.1) is 16.7 Å². The molecule has 4 bridgehead atoms. The Morgan fingerprint density at radius 1 is 0.966 bits per heavy atom. The fraction of sp³-hybridized carbons (Fsp3) is 0.913. The summed E-state index contributed by atoms with van der Waals surface area (Å²) in [6, 6.07) is 0.339. The van der Waals surface area contributed by atoms with Crippen molar-refractivity contribution < 1.29 is 14.7 Å². The van der Waals surface area contributed by atoms with E-state index in [1.165, 1.54) is 6.42 Å². The molecule has 2 heterocycles. The van der Waals surface area contributed by atoms with Crippen LogP contribution < -0.4 is 5.32 Å². The number of hydrogen-bond acceptors (Lipinski definition) is 3. The average molecular weight is 404 g/mol. The summed E-state index contributed by atoms with van der Waals surface area (Å²) >= 11 is 0. The van der Waals surface area contributed by atoms with E-state index in [9.17, 15) is 14.7 Å². The number of rotatable bonds is 3. The van der Waals surface area contributed by atoms with Crippen molar-refractivity contribution in [1.82, 2.24) is 15.1 Å². The summed E-state index contributed by atoms with van der Waals surface area (Å²) in [5, 5.41) is 14.6. The molecule has 6 nitrogen and oxygen atoms in total. The van der Waals surface area contributed by atoms with E-state index in [1.807, 2.05) is 9.80 Å². The monoisotopic (exact) mass is 403 g/mol. The Morgan fingerprint density at radius 3 is 2.31 bits per heavy atom. The predicted octanol–water partition coefficient (Wildman–Crippen LogP) is 2.89. The topological polar surface area (TPSA) is 72.9 Å². The maximum absolute atomic E-state index is 13.5. The normalized spacial score (nSPS) is 41.8. The number of nitrogens with one attached hydrogen (secondary N) is 1. The van der Waals surface area contributed by atoms with Gasteiger partial charge in [-0.2, -0.15) is 0 Å². The first-order valence-electron chi connectivity index (χ1n) is 11.9. The van der Waals surface area contributed by atoms with Gasteiger partial charge in [-0.1, -0.05) is 13.3 Å². The molecule has 3 amide bonds. The Kier molecular flexibility index (Phi) is 4.65. The lowest BCUT2D eigenvalue weighted by Crippen LogP contribution is -2.64. The van der Waals surface area contributed by atoms with E-state index in [0.717, 1.165) is 84.0 Å². The Hall–Kier alpha value is -1.30. The Bertz CT molecular complexity index is 685. The van der Waals surface area contributed by atoms with Crippen molar-refractivity contribution >= 4 is 11.9 Å². The van der Waals surface area contributed by atoms with Crippen molar-refractivity contribution in [3.05, 3.63) is 0 Å². The fourth-order valence-electron chi connectivity index (χ4n) is 7.89. The van der Waals surface area contributed by atoms with Crippen molar-refractivity contribution in [2.75, 3.05) is 26.2 Å². The second-order valence-electron chi connectivity index (χ2n) is 11.1. The SMILES string of the molecule is CCC12CC3CC(O)(C1)CC(C(=O)NC1CCN(C(=O)N4CCCC4)CC1)(C3)C2. The number of likely N-dealkylation sites (tertiary alicyclic amines) is 2. The van der Waals surface area contributed by atoms with Crippen molar-refractivity contribution in [1.29, 1.82) is 0 Å². The average Bonchev–Trinajstić information content (AvgIpc) is 3.21. The standard InChI is InChI=1S/C23H37N3O3/c1-2-21-11-17-12-22(14-21,16-23(29,13-17)15-21)19(27)24-18-5-9-26(10-6-18)20(28)25-7-3-4-8-25/h17-18,29H,2-16H2,1H3,(H,24,27). The molecule has 4 aliphatic carbocycles. The summed E-state index contributed by atoms with van der Waals surface area (Å²) in [6.07, 6.45) is 10.5. The minimum atomic E-state index is -0.627. The van der Waals surface area contributed by atoms with Gasteiger partial charge >= 0.3 is 6.03 Å². The number of aliphatic hydroxyl groups is 1. The third-order valence-electron chi connectivity index (χ3n) is 8.86. The van der Waals surface area contributed by atoms with Crippen LogP contribution in [-0.2, 0) is 4.79 Å². The molecular formula is C23H37N3O3. The molecule has 2 N–H and O–H groups in total. The third kappa shape index (κ3) is 3.35. The van der Waals surface area contributed by atoms with Crippen LogP contribution in [0.1, 0.15) is 77.6 Å². The quantitative estimate of drug-likeness (QED) is 0.761. The summed E-state index contributed by atoms with van der Waals surface area (Å²) in [7, 11) is 0. The second-order valence-corrected chi connectivity index (χ2v) is 11.1. The molecule has 6 rings (SSSR count). The summed E-state index contributed by atoms with van der Waals surface area (Å²) < 4.78 is 0. The number of nitrogens with zero attached hydrogens (tertiary/aromatic N) is 2. The molecule has 0 spiro atoms. The molecule has 6 aliphatic rings. The van der Waals surface area contributed by atoms with Crippen molar-refractivity contribution in [3.8, 4) is 0 Å². The van der Waals surface area contributed by atoms with Crippen LogP contribution in [0.25, 0.3) is 0 Å². The van der Waals surface area contributed by atoms with E-state index >= 15 is 0 Å². The van der Waals surface area contributed by atoms with E-state index in [2.05, 4.69) is 12.2 Å². The van der Waals surface area contributed by atoms with Crippen LogP contribution >= 0.6 is 0 Å². The van der Waals surface area contributed by atoms with Crippen LogP contribution in [0.15, 0.2) is 0 Å². The van der Waals surface area contributed by atoms with Gasteiger partial charge in [0.15, 0.2) is 0 Å². The second kappa shape index (κ2) is 6.86. The molecule has 6 heteroatoms. The van der Waals surface area contributed by atoms with Gasteiger partial charge in [0.2, 0.25) is 5.91 Å². The van der Waals surface area contributed by atoms with Crippen LogP contribution in [0.5, 0.6) is 0 Å². The maximum Gasteiger partial charge on any atom is 0.319 e. The smallest absolute Gasteiger partial charge is 0.319 e. The zero-order chi connectivity index (χ0) is 20.3. The van der Waals surface area contributed by atoms with Crippen molar-refractivity contribution in [2.24, 2.45) is 16.7 Å². The molecule has 2 aliphatic heterocycles. The number of amides is 3. The minimum Gasteiger partial charge on any atom is -0.390 e. The highest BCUT2D eigenvalue weighted by molar-refractivity contribution is 5.84. The van der Waals surface area contributed by atoms with Gasteiger partial charge in [0.05, 0.1) is 11.0 Å². The first-order chi connectivity index (χ1) is 13.8. The van der Waals surface area contributed by atoms with Gasteiger partial charge in [-0.3, -0.25) is 4.79 Å². The molecule has 0 aromatic carbocycles. The van der Waals surface area contributed by atoms with Crippen molar-refractivity contribution in [3.63, 3.8) is 0 Å². The van der Waals surface area contributed by atoms with Gasteiger partial charge in [-0.15, -0.1) is 0 Å². The minimum absolute atomic E-state index is 0.158.